The predicted molar refractivity (Wildman–Crippen MR) is 83.6 cm³/mol. The predicted octanol–water partition coefficient (Wildman–Crippen LogP) is 2.48. The van der Waals surface area contributed by atoms with Crippen molar-refractivity contribution in [1.29, 1.82) is 0 Å². The van der Waals surface area contributed by atoms with Crippen molar-refractivity contribution in [2.75, 3.05) is 5.73 Å². The monoisotopic (exact) mass is 391 g/mol. The quantitative estimate of drug-likeness (QED) is 0.461. The average Bonchev–Trinajstić information content (AvgIpc) is 2.81. The third-order valence-electron chi connectivity index (χ3n) is 2.58. The molecular weight excluding hydrogens is 382 g/mol. The van der Waals surface area contributed by atoms with E-state index in [1.807, 2.05) is 0 Å². The first-order valence-electron chi connectivity index (χ1n) is 5.56. The molecule has 21 heavy (non-hydrogen) atoms. The third-order valence-corrected chi connectivity index (χ3v) is 5.94. The molecule has 0 unspecified atom stereocenters. The number of rotatable bonds is 5. The molecule has 1 aromatic heterocycles. The van der Waals surface area contributed by atoms with Gasteiger partial charge in [-0.1, -0.05) is 0 Å². The fourth-order valence-corrected chi connectivity index (χ4v) is 4.31. The van der Waals surface area contributed by atoms with Crippen molar-refractivity contribution in [3.63, 3.8) is 0 Å². The van der Waals surface area contributed by atoms with Crippen LogP contribution in [-0.4, -0.2) is 13.3 Å². The summed E-state index contributed by atoms with van der Waals surface area (Å²) >= 11 is 4.65. The van der Waals surface area contributed by atoms with Gasteiger partial charge in [0.15, 0.2) is 4.90 Å². The zero-order chi connectivity index (χ0) is 15.6. The van der Waals surface area contributed by atoms with E-state index in [9.17, 15) is 18.5 Å². The Labute approximate surface area is 133 Å². The van der Waals surface area contributed by atoms with Gasteiger partial charge in [-0.3, -0.25) is 10.1 Å². The molecule has 0 bridgehead atoms. The lowest BCUT2D eigenvalue weighted by Gasteiger charge is -2.07. The summed E-state index contributed by atoms with van der Waals surface area (Å²) in [7, 11) is -4.04. The Balaban J connectivity index is 2.33. The number of hydrogen-bond acceptors (Lipinski definition) is 6. The van der Waals surface area contributed by atoms with E-state index in [-0.39, 0.29) is 12.2 Å². The van der Waals surface area contributed by atoms with Crippen LogP contribution in [0.15, 0.2) is 39.0 Å². The van der Waals surface area contributed by atoms with Crippen molar-refractivity contribution in [2.45, 2.75) is 11.4 Å². The second kappa shape index (κ2) is 6.10. The molecule has 0 fully saturated rings. The number of nitrogen functional groups attached to an aromatic ring is 1. The number of nitrogens with one attached hydrogen (secondary N) is 1. The highest BCUT2D eigenvalue weighted by molar-refractivity contribution is 9.10. The summed E-state index contributed by atoms with van der Waals surface area (Å²) in [6.45, 7) is 0.0343. The van der Waals surface area contributed by atoms with Crippen molar-refractivity contribution in [3.05, 3.63) is 49.1 Å². The Morgan fingerprint density at radius 2 is 2.10 bits per heavy atom. The minimum atomic E-state index is -4.04. The van der Waals surface area contributed by atoms with Gasteiger partial charge in [-0.2, -0.15) is 0 Å². The summed E-state index contributed by atoms with van der Waals surface area (Å²) in [6, 6.07) is 5.22. The summed E-state index contributed by atoms with van der Waals surface area (Å²) in [4.78, 5) is 10.5. The molecule has 1 aromatic carbocycles. The zero-order valence-electron chi connectivity index (χ0n) is 10.4. The van der Waals surface area contributed by atoms with Gasteiger partial charge in [0, 0.05) is 27.6 Å². The third kappa shape index (κ3) is 3.59. The Morgan fingerprint density at radius 3 is 2.67 bits per heavy atom. The lowest BCUT2D eigenvalue weighted by atomic mass is 10.3. The highest BCUT2D eigenvalue weighted by atomic mass is 79.9. The van der Waals surface area contributed by atoms with Gasteiger partial charge in [0.1, 0.15) is 0 Å². The van der Waals surface area contributed by atoms with Gasteiger partial charge >= 0.3 is 0 Å². The Hall–Kier alpha value is -1.49. The number of nitrogens with zero attached hydrogens (tertiary/aromatic N) is 1. The highest BCUT2D eigenvalue weighted by Gasteiger charge is 2.26. The number of nitro benzene ring substituents is 1. The molecule has 0 aliphatic heterocycles. The van der Waals surface area contributed by atoms with Crippen LogP contribution in [0.4, 0.5) is 11.4 Å². The molecule has 2 rings (SSSR count). The average molecular weight is 392 g/mol. The number of anilines is 1. The van der Waals surface area contributed by atoms with Crippen molar-refractivity contribution in [3.8, 4) is 0 Å². The van der Waals surface area contributed by atoms with E-state index in [1.165, 1.54) is 17.4 Å². The van der Waals surface area contributed by atoms with Gasteiger partial charge in [-0.25, -0.2) is 13.1 Å². The molecule has 112 valence electrons. The molecule has 2 aromatic rings. The molecule has 0 radical (unpaired) electrons. The summed E-state index contributed by atoms with van der Waals surface area (Å²) in [5.74, 6) is 0. The molecule has 1 heterocycles. The highest BCUT2D eigenvalue weighted by Crippen LogP contribution is 2.27. The standard InChI is InChI=1S/C11H10BrN3O4S2/c12-8-3-4-20-10(8)6-14-21(18,19)11-5-7(13)1-2-9(11)15(16)17/h1-5,14H,6,13H2. The van der Waals surface area contributed by atoms with Crippen molar-refractivity contribution in [2.24, 2.45) is 0 Å². The molecule has 10 heteroatoms. The zero-order valence-corrected chi connectivity index (χ0v) is 13.7. The van der Waals surface area contributed by atoms with Crippen molar-refractivity contribution < 1.29 is 13.3 Å². The lowest BCUT2D eigenvalue weighted by Crippen LogP contribution is -2.24. The maximum absolute atomic E-state index is 12.2. The van der Waals surface area contributed by atoms with E-state index in [0.717, 1.165) is 21.5 Å². The normalized spacial score (nSPS) is 11.5. The lowest BCUT2D eigenvalue weighted by molar-refractivity contribution is -0.387. The molecular formula is C11H10BrN3O4S2. The van der Waals surface area contributed by atoms with Crippen LogP contribution in [0.1, 0.15) is 4.88 Å². The molecule has 0 amide bonds. The van der Waals surface area contributed by atoms with Crippen LogP contribution in [0.3, 0.4) is 0 Å². The van der Waals surface area contributed by atoms with Crippen molar-refractivity contribution in [1.82, 2.24) is 4.72 Å². The minimum absolute atomic E-state index is 0.0343. The molecule has 0 atom stereocenters. The van der Waals surface area contributed by atoms with Crippen molar-refractivity contribution >= 4 is 48.7 Å². The number of benzene rings is 1. The Morgan fingerprint density at radius 1 is 1.38 bits per heavy atom. The van der Waals surface area contributed by atoms with E-state index in [2.05, 4.69) is 20.7 Å². The van der Waals surface area contributed by atoms with Crippen LogP contribution < -0.4 is 10.5 Å². The van der Waals surface area contributed by atoms with Crippen LogP contribution in [0.5, 0.6) is 0 Å². The van der Waals surface area contributed by atoms with Gasteiger partial charge in [0.05, 0.1) is 4.92 Å². The SMILES string of the molecule is Nc1ccc([N+](=O)[O-])c(S(=O)(=O)NCc2sccc2Br)c1. The van der Waals surface area contributed by atoms with E-state index in [1.54, 1.807) is 11.4 Å². The molecule has 0 saturated carbocycles. The fourth-order valence-electron chi connectivity index (χ4n) is 1.59. The topological polar surface area (TPSA) is 115 Å². The van der Waals surface area contributed by atoms with Gasteiger partial charge in [-0.05, 0) is 39.5 Å². The first-order valence-corrected chi connectivity index (χ1v) is 8.72. The van der Waals surface area contributed by atoms with Crippen LogP contribution in [0, 0.1) is 10.1 Å². The number of nitrogens with two attached hydrogens (primary N) is 1. The van der Waals surface area contributed by atoms with Crippen LogP contribution in [0.2, 0.25) is 0 Å². The second-order valence-electron chi connectivity index (χ2n) is 4.00. The number of hydrogen-bond donors (Lipinski definition) is 2. The van der Waals surface area contributed by atoms with Gasteiger partial charge in [-0.15, -0.1) is 11.3 Å². The smallest absolute Gasteiger partial charge is 0.289 e. The van der Waals surface area contributed by atoms with E-state index < -0.39 is 25.5 Å². The van der Waals surface area contributed by atoms with Crippen LogP contribution >= 0.6 is 27.3 Å². The largest absolute Gasteiger partial charge is 0.399 e. The first kappa shape index (κ1) is 15.9. The van der Waals surface area contributed by atoms with E-state index in [0.29, 0.717) is 0 Å². The first-order chi connectivity index (χ1) is 9.81. The van der Waals surface area contributed by atoms with Gasteiger partial charge in [0.2, 0.25) is 10.0 Å². The van der Waals surface area contributed by atoms with Gasteiger partial charge in [0.25, 0.3) is 5.69 Å². The maximum atomic E-state index is 12.2. The van der Waals surface area contributed by atoms with Crippen LogP contribution in [-0.2, 0) is 16.6 Å². The Kier molecular flexibility index (Phi) is 4.61. The summed E-state index contributed by atoms with van der Waals surface area (Å²) in [5.41, 5.74) is 5.14. The molecule has 0 aliphatic carbocycles. The van der Waals surface area contributed by atoms with Gasteiger partial charge < -0.3 is 5.73 Å². The number of nitro groups is 1. The summed E-state index contributed by atoms with van der Waals surface area (Å²) < 4.78 is 27.6. The van der Waals surface area contributed by atoms with Crippen LogP contribution in [0.25, 0.3) is 0 Å². The molecule has 0 spiro atoms. The molecule has 0 saturated heterocycles. The van der Waals surface area contributed by atoms with E-state index >= 15 is 0 Å². The summed E-state index contributed by atoms with van der Waals surface area (Å²) in [5, 5.41) is 12.7. The number of sulfonamides is 1. The second-order valence-corrected chi connectivity index (χ2v) is 7.59. The fraction of sp³-hybridized carbons (Fsp3) is 0.0909. The maximum Gasteiger partial charge on any atom is 0.289 e. The summed E-state index contributed by atoms with van der Waals surface area (Å²) in [6.07, 6.45) is 0. The number of thiophene rings is 1. The molecule has 3 N–H and O–H groups in total. The minimum Gasteiger partial charge on any atom is -0.399 e. The Bertz CT molecular complexity index is 789. The molecule has 7 nitrogen and oxygen atoms in total. The van der Waals surface area contributed by atoms with E-state index in [4.69, 9.17) is 5.73 Å². The number of halogens is 1. The molecule has 0 aliphatic rings.